The fourth-order valence-corrected chi connectivity index (χ4v) is 4.35. The van der Waals surface area contributed by atoms with Gasteiger partial charge in [-0.05, 0) is 69.1 Å². The van der Waals surface area contributed by atoms with Crippen LogP contribution in [0.15, 0.2) is 12.1 Å². The summed E-state index contributed by atoms with van der Waals surface area (Å²) >= 11 is 0. The van der Waals surface area contributed by atoms with Crippen LogP contribution < -0.4 is 10.6 Å². The van der Waals surface area contributed by atoms with E-state index in [4.69, 9.17) is 0 Å². The molecule has 2 aliphatic rings. The standard InChI is InChI=1S/C19H28N2O/c1-12-6-13(2)18(14(3)7-12)11-20-19(22)10-15-8-16-4-5-17(9-15)21-16/h6-7,15-17,21H,4-5,8-11H2,1-3H3,(H,20,22). The van der Waals surface area contributed by atoms with Crippen molar-refractivity contribution >= 4 is 5.91 Å². The molecule has 2 N–H and O–H groups in total. The molecule has 2 heterocycles. The maximum atomic E-state index is 12.3. The molecule has 2 saturated heterocycles. The lowest BCUT2D eigenvalue weighted by atomic mass is 9.89. The minimum absolute atomic E-state index is 0.214. The zero-order valence-corrected chi connectivity index (χ0v) is 14.0. The number of piperidine rings is 1. The van der Waals surface area contributed by atoms with Crippen LogP contribution in [-0.4, -0.2) is 18.0 Å². The molecule has 0 aliphatic carbocycles. The smallest absolute Gasteiger partial charge is 0.220 e. The lowest BCUT2D eigenvalue weighted by Gasteiger charge is -2.28. The number of benzene rings is 1. The molecular formula is C19H28N2O. The van der Waals surface area contributed by atoms with Crippen LogP contribution in [0.3, 0.4) is 0 Å². The van der Waals surface area contributed by atoms with Crippen LogP contribution in [0.1, 0.15) is 54.4 Å². The molecule has 1 amide bonds. The molecule has 2 bridgehead atoms. The summed E-state index contributed by atoms with van der Waals surface area (Å²) in [5, 5.41) is 6.78. The van der Waals surface area contributed by atoms with Crippen molar-refractivity contribution in [1.29, 1.82) is 0 Å². The predicted molar refractivity (Wildman–Crippen MR) is 89.8 cm³/mol. The van der Waals surface area contributed by atoms with Gasteiger partial charge in [-0.2, -0.15) is 0 Å². The number of amides is 1. The second kappa shape index (κ2) is 6.41. The molecular weight excluding hydrogens is 272 g/mol. The first kappa shape index (κ1) is 15.5. The topological polar surface area (TPSA) is 41.1 Å². The van der Waals surface area contributed by atoms with Crippen molar-refractivity contribution in [3.63, 3.8) is 0 Å². The Bertz CT molecular complexity index is 532. The van der Waals surface area contributed by atoms with E-state index in [9.17, 15) is 4.79 Å². The van der Waals surface area contributed by atoms with Crippen LogP contribution >= 0.6 is 0 Å². The summed E-state index contributed by atoms with van der Waals surface area (Å²) in [6.45, 7) is 7.04. The Kier molecular flexibility index (Phi) is 4.53. The summed E-state index contributed by atoms with van der Waals surface area (Å²) in [5.74, 6) is 0.782. The van der Waals surface area contributed by atoms with Gasteiger partial charge >= 0.3 is 0 Å². The van der Waals surface area contributed by atoms with Gasteiger partial charge in [-0.3, -0.25) is 4.79 Å². The monoisotopic (exact) mass is 300 g/mol. The van der Waals surface area contributed by atoms with E-state index in [2.05, 4.69) is 43.5 Å². The zero-order valence-electron chi connectivity index (χ0n) is 14.0. The Hall–Kier alpha value is -1.35. The third kappa shape index (κ3) is 3.52. The molecule has 0 saturated carbocycles. The van der Waals surface area contributed by atoms with Crippen molar-refractivity contribution in [3.05, 3.63) is 34.4 Å². The Morgan fingerprint density at radius 1 is 1.14 bits per heavy atom. The molecule has 2 aliphatic heterocycles. The van der Waals surface area contributed by atoms with E-state index in [-0.39, 0.29) is 5.91 Å². The van der Waals surface area contributed by atoms with Gasteiger partial charge < -0.3 is 10.6 Å². The number of rotatable bonds is 4. The Morgan fingerprint density at radius 3 is 2.32 bits per heavy atom. The normalized spacial score (nSPS) is 27.0. The summed E-state index contributed by atoms with van der Waals surface area (Å²) < 4.78 is 0. The van der Waals surface area contributed by atoms with Gasteiger partial charge in [0.1, 0.15) is 0 Å². The second-order valence-corrected chi connectivity index (χ2v) is 7.33. The van der Waals surface area contributed by atoms with Crippen molar-refractivity contribution in [2.75, 3.05) is 0 Å². The lowest BCUT2D eigenvalue weighted by Crippen LogP contribution is -2.39. The van der Waals surface area contributed by atoms with Crippen molar-refractivity contribution in [2.45, 2.75) is 71.5 Å². The molecule has 2 atom stereocenters. The molecule has 3 rings (SSSR count). The number of carbonyl (C=O) groups is 1. The number of fused-ring (bicyclic) bond motifs is 2. The molecule has 0 radical (unpaired) electrons. The van der Waals surface area contributed by atoms with Crippen LogP contribution in [-0.2, 0) is 11.3 Å². The largest absolute Gasteiger partial charge is 0.352 e. The predicted octanol–water partition coefficient (Wildman–Crippen LogP) is 3.15. The summed E-state index contributed by atoms with van der Waals surface area (Å²) in [6.07, 6.45) is 5.63. The highest BCUT2D eigenvalue weighted by molar-refractivity contribution is 5.76. The van der Waals surface area contributed by atoms with Gasteiger partial charge in [-0.15, -0.1) is 0 Å². The molecule has 3 heteroatoms. The van der Waals surface area contributed by atoms with Gasteiger partial charge in [0.05, 0.1) is 0 Å². The molecule has 120 valence electrons. The number of hydrogen-bond donors (Lipinski definition) is 2. The first-order valence-electron chi connectivity index (χ1n) is 8.60. The van der Waals surface area contributed by atoms with E-state index in [0.717, 1.165) is 0 Å². The number of nitrogens with one attached hydrogen (secondary N) is 2. The van der Waals surface area contributed by atoms with Crippen LogP contribution in [0, 0.1) is 26.7 Å². The third-order valence-electron chi connectivity index (χ3n) is 5.35. The minimum atomic E-state index is 0.214. The van der Waals surface area contributed by atoms with Crippen molar-refractivity contribution in [1.82, 2.24) is 10.6 Å². The minimum Gasteiger partial charge on any atom is -0.352 e. The quantitative estimate of drug-likeness (QED) is 0.897. The van der Waals surface area contributed by atoms with Crippen molar-refractivity contribution in [3.8, 4) is 0 Å². The fourth-order valence-electron chi connectivity index (χ4n) is 4.35. The number of hydrogen-bond acceptors (Lipinski definition) is 2. The van der Waals surface area contributed by atoms with E-state index in [1.807, 2.05) is 0 Å². The van der Waals surface area contributed by atoms with Gasteiger partial charge in [0.15, 0.2) is 0 Å². The number of carbonyl (C=O) groups excluding carboxylic acids is 1. The van der Waals surface area contributed by atoms with Crippen LogP contribution in [0.5, 0.6) is 0 Å². The molecule has 0 spiro atoms. The summed E-state index contributed by atoms with van der Waals surface area (Å²) in [5.41, 5.74) is 5.11. The van der Waals surface area contributed by atoms with Crippen LogP contribution in [0.25, 0.3) is 0 Å². The third-order valence-corrected chi connectivity index (χ3v) is 5.35. The fraction of sp³-hybridized carbons (Fsp3) is 0.632. The summed E-state index contributed by atoms with van der Waals surface area (Å²) in [7, 11) is 0. The average molecular weight is 300 g/mol. The SMILES string of the molecule is Cc1cc(C)c(CNC(=O)CC2CC3CCC(C2)N3)c(C)c1. The molecule has 2 unspecified atom stereocenters. The first-order valence-corrected chi connectivity index (χ1v) is 8.60. The van der Waals surface area contributed by atoms with E-state index >= 15 is 0 Å². The van der Waals surface area contributed by atoms with Crippen LogP contribution in [0.2, 0.25) is 0 Å². The Morgan fingerprint density at radius 2 is 1.73 bits per heavy atom. The van der Waals surface area contributed by atoms with Crippen LogP contribution in [0.4, 0.5) is 0 Å². The zero-order chi connectivity index (χ0) is 15.7. The van der Waals surface area contributed by atoms with E-state index in [1.165, 1.54) is 47.9 Å². The van der Waals surface area contributed by atoms with Gasteiger partial charge in [-0.25, -0.2) is 0 Å². The molecule has 0 aromatic heterocycles. The van der Waals surface area contributed by atoms with Gasteiger partial charge in [0.25, 0.3) is 0 Å². The average Bonchev–Trinajstić information content (AvgIpc) is 2.76. The highest BCUT2D eigenvalue weighted by atomic mass is 16.1. The second-order valence-electron chi connectivity index (χ2n) is 7.33. The molecule has 22 heavy (non-hydrogen) atoms. The van der Waals surface area contributed by atoms with Crippen molar-refractivity contribution in [2.24, 2.45) is 5.92 Å². The first-order chi connectivity index (χ1) is 10.5. The maximum Gasteiger partial charge on any atom is 0.220 e. The van der Waals surface area contributed by atoms with Crippen molar-refractivity contribution < 1.29 is 4.79 Å². The number of aryl methyl sites for hydroxylation is 3. The summed E-state index contributed by atoms with van der Waals surface area (Å²) in [4.78, 5) is 12.3. The molecule has 3 nitrogen and oxygen atoms in total. The Labute approximate surface area is 133 Å². The molecule has 1 aromatic carbocycles. The van der Waals surface area contributed by atoms with Gasteiger partial charge in [0.2, 0.25) is 5.91 Å². The maximum absolute atomic E-state index is 12.3. The van der Waals surface area contributed by atoms with Gasteiger partial charge in [-0.1, -0.05) is 17.7 Å². The Balaban J connectivity index is 1.52. The highest BCUT2D eigenvalue weighted by Gasteiger charge is 2.34. The van der Waals surface area contributed by atoms with E-state index in [0.29, 0.717) is 31.0 Å². The molecule has 2 fully saturated rings. The van der Waals surface area contributed by atoms with E-state index < -0.39 is 0 Å². The van der Waals surface area contributed by atoms with Gasteiger partial charge in [0, 0.05) is 25.0 Å². The van der Waals surface area contributed by atoms with E-state index in [1.54, 1.807) is 0 Å². The molecule has 1 aromatic rings. The summed E-state index contributed by atoms with van der Waals surface area (Å²) in [6, 6.07) is 5.72. The lowest BCUT2D eigenvalue weighted by molar-refractivity contribution is -0.122. The highest BCUT2D eigenvalue weighted by Crippen LogP contribution is 2.32.